The fourth-order valence-corrected chi connectivity index (χ4v) is 2.74. The van der Waals surface area contributed by atoms with Crippen LogP contribution in [-0.2, 0) is 14.6 Å². The molecule has 0 aliphatic carbocycles. The van der Waals surface area contributed by atoms with Gasteiger partial charge in [0.1, 0.15) is 0 Å². The maximum absolute atomic E-state index is 11.9. The van der Waals surface area contributed by atoms with Crippen LogP contribution in [0.25, 0.3) is 0 Å². The number of benzene rings is 1. The van der Waals surface area contributed by atoms with Crippen LogP contribution >= 0.6 is 0 Å². The Morgan fingerprint density at radius 3 is 2.61 bits per heavy atom. The molecule has 0 saturated carbocycles. The van der Waals surface area contributed by atoms with Crippen LogP contribution in [-0.4, -0.2) is 26.1 Å². The van der Waals surface area contributed by atoms with Crippen molar-refractivity contribution >= 4 is 21.4 Å². The summed E-state index contributed by atoms with van der Waals surface area (Å²) in [4.78, 5) is 11.6. The molecule has 0 aliphatic rings. The number of hydrogen-bond acceptors (Lipinski definition) is 4. The van der Waals surface area contributed by atoms with Gasteiger partial charge in [-0.15, -0.1) is 0 Å². The van der Waals surface area contributed by atoms with Gasteiger partial charge in [-0.3, -0.25) is 4.79 Å². The lowest BCUT2D eigenvalue weighted by molar-refractivity contribution is -0.121. The van der Waals surface area contributed by atoms with Crippen LogP contribution in [0.3, 0.4) is 0 Å². The van der Waals surface area contributed by atoms with Crippen molar-refractivity contribution in [1.82, 2.24) is 5.32 Å². The molecule has 1 aromatic rings. The number of nitrogens with two attached hydrogens (primary N) is 1. The summed E-state index contributed by atoms with van der Waals surface area (Å²) in [7, 11) is -3.45. The van der Waals surface area contributed by atoms with E-state index in [1.807, 2.05) is 13.8 Å². The second kappa shape index (κ2) is 5.86. The van der Waals surface area contributed by atoms with Gasteiger partial charge in [0.25, 0.3) is 0 Å². The van der Waals surface area contributed by atoms with Crippen molar-refractivity contribution in [2.75, 3.05) is 11.5 Å². The summed E-state index contributed by atoms with van der Waals surface area (Å²) in [6.45, 7) is 3.65. The first-order valence-corrected chi connectivity index (χ1v) is 7.34. The van der Waals surface area contributed by atoms with Crippen molar-refractivity contribution in [3.05, 3.63) is 24.3 Å². The summed E-state index contributed by atoms with van der Waals surface area (Å²) in [5.41, 5.74) is 5.92. The third kappa shape index (κ3) is 4.37. The number of rotatable bonds is 5. The monoisotopic (exact) mass is 270 g/mol. The van der Waals surface area contributed by atoms with E-state index in [-0.39, 0.29) is 29.0 Å². The minimum atomic E-state index is -3.45. The zero-order valence-corrected chi connectivity index (χ0v) is 11.3. The van der Waals surface area contributed by atoms with Gasteiger partial charge in [0.2, 0.25) is 5.91 Å². The Morgan fingerprint density at radius 1 is 1.39 bits per heavy atom. The molecule has 100 valence electrons. The third-order valence-corrected chi connectivity index (χ3v) is 3.98. The Bertz CT molecular complexity index is 524. The van der Waals surface area contributed by atoms with Crippen LogP contribution in [0.15, 0.2) is 29.2 Å². The summed E-state index contributed by atoms with van der Waals surface area (Å²) in [5.74, 6) is -0.480. The van der Waals surface area contributed by atoms with Gasteiger partial charge in [-0.05, 0) is 32.0 Å². The molecule has 1 rings (SSSR count). The first-order valence-electron chi connectivity index (χ1n) is 5.69. The van der Waals surface area contributed by atoms with Gasteiger partial charge in [-0.1, -0.05) is 6.07 Å². The number of sulfone groups is 1. The predicted octanol–water partition coefficient (Wildman–Crippen LogP) is 0.957. The minimum Gasteiger partial charge on any atom is -0.399 e. The lowest BCUT2D eigenvalue weighted by Gasteiger charge is -2.08. The van der Waals surface area contributed by atoms with E-state index in [4.69, 9.17) is 5.73 Å². The SMILES string of the molecule is CC(C)NC(=O)CCS(=O)(=O)c1cccc(N)c1. The molecular weight excluding hydrogens is 252 g/mol. The molecule has 1 amide bonds. The number of carbonyl (C=O) groups is 1. The van der Waals surface area contributed by atoms with Crippen LogP contribution in [0.2, 0.25) is 0 Å². The fraction of sp³-hybridized carbons (Fsp3) is 0.417. The van der Waals surface area contributed by atoms with Gasteiger partial charge in [-0.2, -0.15) is 0 Å². The normalized spacial score (nSPS) is 11.5. The van der Waals surface area contributed by atoms with E-state index in [9.17, 15) is 13.2 Å². The predicted molar refractivity (Wildman–Crippen MR) is 70.8 cm³/mol. The van der Waals surface area contributed by atoms with Crippen molar-refractivity contribution in [2.24, 2.45) is 0 Å². The summed E-state index contributed by atoms with van der Waals surface area (Å²) in [5, 5.41) is 2.65. The summed E-state index contributed by atoms with van der Waals surface area (Å²) >= 11 is 0. The lowest BCUT2D eigenvalue weighted by atomic mass is 10.3. The molecule has 1 aromatic carbocycles. The standard InChI is InChI=1S/C12H18N2O3S/c1-9(2)14-12(15)6-7-18(16,17)11-5-3-4-10(13)8-11/h3-5,8-9H,6-7,13H2,1-2H3,(H,14,15). The Morgan fingerprint density at radius 2 is 2.06 bits per heavy atom. The minimum absolute atomic E-state index is 0.00701. The number of hydrogen-bond donors (Lipinski definition) is 2. The topological polar surface area (TPSA) is 89.3 Å². The third-order valence-electron chi connectivity index (χ3n) is 2.26. The number of carbonyl (C=O) groups excluding carboxylic acids is 1. The Balaban J connectivity index is 2.69. The van der Waals surface area contributed by atoms with Crippen molar-refractivity contribution in [1.29, 1.82) is 0 Å². The molecule has 0 atom stereocenters. The number of amides is 1. The average molecular weight is 270 g/mol. The van der Waals surface area contributed by atoms with Crippen LogP contribution in [0.5, 0.6) is 0 Å². The highest BCUT2D eigenvalue weighted by atomic mass is 32.2. The molecule has 0 radical (unpaired) electrons. The highest BCUT2D eigenvalue weighted by Gasteiger charge is 2.16. The van der Waals surface area contributed by atoms with Crippen molar-refractivity contribution < 1.29 is 13.2 Å². The quantitative estimate of drug-likeness (QED) is 0.780. The average Bonchev–Trinajstić information content (AvgIpc) is 2.26. The summed E-state index contributed by atoms with van der Waals surface area (Å²) < 4.78 is 23.9. The summed E-state index contributed by atoms with van der Waals surface area (Å²) in [6, 6.07) is 6.08. The van der Waals surface area contributed by atoms with Crippen LogP contribution in [0.4, 0.5) is 5.69 Å². The molecule has 0 saturated heterocycles. The first kappa shape index (κ1) is 14.5. The fourth-order valence-electron chi connectivity index (χ4n) is 1.45. The molecule has 0 heterocycles. The Hall–Kier alpha value is -1.56. The van der Waals surface area contributed by atoms with Gasteiger partial charge in [-0.25, -0.2) is 8.42 Å². The van der Waals surface area contributed by atoms with E-state index >= 15 is 0 Å². The van der Waals surface area contributed by atoms with Gasteiger partial charge >= 0.3 is 0 Å². The molecule has 5 nitrogen and oxygen atoms in total. The number of nitrogens with one attached hydrogen (secondary N) is 1. The zero-order chi connectivity index (χ0) is 13.8. The molecule has 0 aromatic heterocycles. The highest BCUT2D eigenvalue weighted by molar-refractivity contribution is 7.91. The number of nitrogen functional groups attached to an aromatic ring is 1. The van der Waals surface area contributed by atoms with Crippen LogP contribution < -0.4 is 11.1 Å². The smallest absolute Gasteiger partial charge is 0.221 e. The molecular formula is C12H18N2O3S. The van der Waals surface area contributed by atoms with Crippen molar-refractivity contribution in [3.63, 3.8) is 0 Å². The first-order chi connectivity index (χ1) is 8.31. The number of anilines is 1. The van der Waals surface area contributed by atoms with Crippen LogP contribution in [0.1, 0.15) is 20.3 Å². The van der Waals surface area contributed by atoms with Gasteiger partial charge in [0.15, 0.2) is 9.84 Å². The summed E-state index contributed by atoms with van der Waals surface area (Å²) in [6.07, 6.45) is -0.0463. The van der Waals surface area contributed by atoms with E-state index in [1.54, 1.807) is 12.1 Å². The Labute approximate surface area is 107 Å². The molecule has 0 spiro atoms. The van der Waals surface area contributed by atoms with E-state index in [1.165, 1.54) is 12.1 Å². The van der Waals surface area contributed by atoms with E-state index < -0.39 is 9.84 Å². The second-order valence-corrected chi connectivity index (χ2v) is 6.47. The van der Waals surface area contributed by atoms with Crippen molar-refractivity contribution in [3.8, 4) is 0 Å². The second-order valence-electron chi connectivity index (χ2n) is 4.36. The zero-order valence-electron chi connectivity index (χ0n) is 10.5. The molecule has 0 aliphatic heterocycles. The van der Waals surface area contributed by atoms with Gasteiger partial charge in [0, 0.05) is 18.2 Å². The maximum atomic E-state index is 11.9. The highest BCUT2D eigenvalue weighted by Crippen LogP contribution is 2.15. The van der Waals surface area contributed by atoms with Gasteiger partial charge < -0.3 is 11.1 Å². The van der Waals surface area contributed by atoms with Crippen molar-refractivity contribution in [2.45, 2.75) is 31.2 Å². The maximum Gasteiger partial charge on any atom is 0.221 e. The van der Waals surface area contributed by atoms with E-state index in [0.717, 1.165) is 0 Å². The molecule has 0 unspecified atom stereocenters. The molecule has 18 heavy (non-hydrogen) atoms. The van der Waals surface area contributed by atoms with E-state index in [2.05, 4.69) is 5.32 Å². The molecule has 3 N–H and O–H groups in total. The molecule has 0 fully saturated rings. The Kier molecular flexibility index (Phi) is 4.72. The van der Waals surface area contributed by atoms with E-state index in [0.29, 0.717) is 5.69 Å². The molecule has 6 heteroatoms. The van der Waals surface area contributed by atoms with Crippen LogP contribution in [0, 0.1) is 0 Å². The van der Waals surface area contributed by atoms with Gasteiger partial charge in [0.05, 0.1) is 10.6 Å². The molecule has 0 bridgehead atoms. The largest absolute Gasteiger partial charge is 0.399 e. The lowest BCUT2D eigenvalue weighted by Crippen LogP contribution is -2.31.